The van der Waals surface area contributed by atoms with E-state index >= 15 is 0 Å². The number of phenols is 1. The lowest BCUT2D eigenvalue weighted by atomic mass is 10.0. The number of benzene rings is 2. The predicted octanol–water partition coefficient (Wildman–Crippen LogP) is 2.12. The Balaban J connectivity index is 1.74. The van der Waals surface area contributed by atoms with E-state index in [1.165, 1.54) is 0 Å². The Morgan fingerprint density at radius 2 is 1.94 bits per heavy atom. The van der Waals surface area contributed by atoms with Crippen molar-refractivity contribution in [2.75, 3.05) is 37.7 Å². The molecule has 9 heteroatoms. The molecule has 1 atom stereocenters. The van der Waals surface area contributed by atoms with E-state index in [0.29, 0.717) is 27.9 Å². The number of hydrogen-bond acceptors (Lipinski definition) is 6. The molecule has 8 nitrogen and oxygen atoms in total. The number of aromatic hydroxyl groups is 1. The van der Waals surface area contributed by atoms with Gasteiger partial charge < -0.3 is 25.4 Å². The van der Waals surface area contributed by atoms with E-state index in [4.69, 9.17) is 10.00 Å². The molecule has 1 heterocycles. The zero-order chi connectivity index (χ0) is 23.1. The quantitative estimate of drug-likeness (QED) is 0.361. The maximum absolute atomic E-state index is 12.9. The van der Waals surface area contributed by atoms with Gasteiger partial charge in [0.2, 0.25) is 5.91 Å². The number of morpholine rings is 1. The van der Waals surface area contributed by atoms with Crippen molar-refractivity contribution in [1.29, 1.82) is 5.26 Å². The summed E-state index contributed by atoms with van der Waals surface area (Å²) >= 11 is 2.03. The highest BCUT2D eigenvalue weighted by atomic mass is 127. The van der Waals surface area contributed by atoms with E-state index in [1.54, 1.807) is 31.2 Å². The lowest BCUT2D eigenvalue weighted by Crippen LogP contribution is -2.48. The van der Waals surface area contributed by atoms with Crippen molar-refractivity contribution >= 4 is 40.1 Å². The molecule has 32 heavy (non-hydrogen) atoms. The SMILES string of the molecule is Cc1cc(CC(NC(=O)c2ccc(N3CCOCC3)cc2)C(=O)NCC#N)cc(I)c1O. The number of nitriles is 1. The fraction of sp³-hybridized carbons (Fsp3) is 0.348. The van der Waals surface area contributed by atoms with Crippen LogP contribution in [-0.2, 0) is 16.0 Å². The molecule has 0 saturated carbocycles. The van der Waals surface area contributed by atoms with Crippen molar-refractivity contribution in [3.8, 4) is 11.8 Å². The molecule has 3 rings (SSSR count). The minimum Gasteiger partial charge on any atom is -0.507 e. The average molecular weight is 548 g/mol. The summed E-state index contributed by atoms with van der Waals surface area (Å²) in [5.74, 6) is -0.615. The highest BCUT2D eigenvalue weighted by Crippen LogP contribution is 2.26. The van der Waals surface area contributed by atoms with Gasteiger partial charge in [0.25, 0.3) is 5.91 Å². The van der Waals surface area contributed by atoms with Crippen molar-refractivity contribution < 1.29 is 19.4 Å². The number of phenolic OH excluding ortho intramolecular Hbond substituents is 1. The summed E-state index contributed by atoms with van der Waals surface area (Å²) in [4.78, 5) is 27.7. The van der Waals surface area contributed by atoms with Crippen LogP contribution < -0.4 is 15.5 Å². The van der Waals surface area contributed by atoms with E-state index < -0.39 is 11.9 Å². The number of nitrogens with zero attached hydrogens (tertiary/aromatic N) is 2. The first-order valence-corrected chi connectivity index (χ1v) is 11.3. The monoisotopic (exact) mass is 548 g/mol. The number of rotatable bonds is 7. The smallest absolute Gasteiger partial charge is 0.251 e. The van der Waals surface area contributed by atoms with E-state index in [9.17, 15) is 14.7 Å². The lowest BCUT2D eigenvalue weighted by molar-refractivity contribution is -0.122. The Bertz CT molecular complexity index is 991. The molecule has 1 aliphatic rings. The van der Waals surface area contributed by atoms with Crippen molar-refractivity contribution in [2.45, 2.75) is 19.4 Å². The fourth-order valence-electron chi connectivity index (χ4n) is 3.51. The Hall–Kier alpha value is -2.84. The number of carbonyl (C=O) groups is 2. The molecule has 0 aromatic heterocycles. The Morgan fingerprint density at radius 1 is 1.25 bits per heavy atom. The first-order chi connectivity index (χ1) is 15.4. The van der Waals surface area contributed by atoms with Crippen LogP contribution in [0.3, 0.4) is 0 Å². The Labute approximate surface area is 200 Å². The van der Waals surface area contributed by atoms with Crippen LogP contribution >= 0.6 is 22.6 Å². The van der Waals surface area contributed by atoms with E-state index in [0.717, 1.165) is 24.3 Å². The van der Waals surface area contributed by atoms with Crippen LogP contribution in [0.25, 0.3) is 0 Å². The van der Waals surface area contributed by atoms with Gasteiger partial charge in [0, 0.05) is 30.8 Å². The average Bonchev–Trinajstić information content (AvgIpc) is 2.81. The van der Waals surface area contributed by atoms with Crippen LogP contribution in [0.4, 0.5) is 5.69 Å². The minimum absolute atomic E-state index is 0.147. The van der Waals surface area contributed by atoms with Crippen molar-refractivity contribution in [3.05, 3.63) is 56.7 Å². The normalized spacial score (nSPS) is 14.3. The molecule has 2 aromatic rings. The fourth-order valence-corrected chi connectivity index (χ4v) is 4.33. The minimum atomic E-state index is -0.866. The molecule has 1 saturated heterocycles. The van der Waals surface area contributed by atoms with Crippen LogP contribution in [0.2, 0.25) is 0 Å². The van der Waals surface area contributed by atoms with Crippen molar-refractivity contribution in [2.24, 2.45) is 0 Å². The second kappa shape index (κ2) is 11.2. The molecule has 2 aromatic carbocycles. The highest BCUT2D eigenvalue weighted by Gasteiger charge is 2.23. The molecule has 0 bridgehead atoms. The first-order valence-electron chi connectivity index (χ1n) is 10.3. The number of nitrogens with one attached hydrogen (secondary N) is 2. The Kier molecular flexibility index (Phi) is 8.30. The maximum Gasteiger partial charge on any atom is 0.251 e. The van der Waals surface area contributed by atoms with Gasteiger partial charge in [0.1, 0.15) is 18.3 Å². The molecule has 168 valence electrons. The topological polar surface area (TPSA) is 115 Å². The maximum atomic E-state index is 12.9. The van der Waals surface area contributed by atoms with E-state index in [-0.39, 0.29) is 24.6 Å². The zero-order valence-electron chi connectivity index (χ0n) is 17.7. The summed E-state index contributed by atoms with van der Waals surface area (Å²) < 4.78 is 6.03. The third-order valence-electron chi connectivity index (χ3n) is 5.22. The zero-order valence-corrected chi connectivity index (χ0v) is 19.9. The van der Waals surface area contributed by atoms with E-state index in [1.807, 2.05) is 40.8 Å². The van der Waals surface area contributed by atoms with Crippen molar-refractivity contribution in [1.82, 2.24) is 10.6 Å². The third kappa shape index (κ3) is 6.11. The summed E-state index contributed by atoms with van der Waals surface area (Å²) in [7, 11) is 0. The van der Waals surface area contributed by atoms with Gasteiger partial charge in [-0.25, -0.2) is 0 Å². The number of anilines is 1. The van der Waals surface area contributed by atoms with Gasteiger partial charge in [-0.15, -0.1) is 0 Å². The van der Waals surface area contributed by atoms with Gasteiger partial charge in [0.05, 0.1) is 22.9 Å². The van der Waals surface area contributed by atoms with Gasteiger partial charge in [-0.1, -0.05) is 6.07 Å². The standard InChI is InChI=1S/C23H25IN4O4/c1-15-12-16(13-19(24)21(15)29)14-20(23(31)26-7-6-25)27-22(30)17-2-4-18(5-3-17)28-8-10-32-11-9-28/h2-5,12-13,20,29H,7-11,14H2,1H3,(H,26,31)(H,27,30). The summed E-state index contributed by atoms with van der Waals surface area (Å²) in [6, 6.07) is 11.8. The third-order valence-corrected chi connectivity index (χ3v) is 6.05. The molecular formula is C23H25IN4O4. The predicted molar refractivity (Wildman–Crippen MR) is 129 cm³/mol. The van der Waals surface area contributed by atoms with Gasteiger partial charge in [-0.05, 0) is 71.0 Å². The summed E-state index contributed by atoms with van der Waals surface area (Å²) in [6.45, 7) is 4.59. The Morgan fingerprint density at radius 3 is 2.56 bits per heavy atom. The van der Waals surface area contributed by atoms with Gasteiger partial charge in [0.15, 0.2) is 0 Å². The van der Waals surface area contributed by atoms with Gasteiger partial charge in [-0.2, -0.15) is 5.26 Å². The molecule has 0 aliphatic carbocycles. The summed E-state index contributed by atoms with van der Waals surface area (Å²) in [6.07, 6.45) is 0.228. The molecule has 3 N–H and O–H groups in total. The first kappa shape index (κ1) is 23.8. The molecule has 0 spiro atoms. The second-order valence-electron chi connectivity index (χ2n) is 7.50. The second-order valence-corrected chi connectivity index (χ2v) is 8.66. The largest absolute Gasteiger partial charge is 0.507 e. The van der Waals surface area contributed by atoms with Crippen LogP contribution in [0.5, 0.6) is 5.75 Å². The summed E-state index contributed by atoms with van der Waals surface area (Å²) in [5, 5.41) is 24.1. The summed E-state index contributed by atoms with van der Waals surface area (Å²) in [5.41, 5.74) is 2.94. The number of halogens is 1. The van der Waals surface area contributed by atoms with Crippen molar-refractivity contribution in [3.63, 3.8) is 0 Å². The van der Waals surface area contributed by atoms with Gasteiger partial charge >= 0.3 is 0 Å². The molecule has 2 amide bonds. The molecule has 0 radical (unpaired) electrons. The highest BCUT2D eigenvalue weighted by molar-refractivity contribution is 14.1. The molecule has 1 aliphatic heterocycles. The number of carbonyl (C=O) groups excluding carboxylic acids is 2. The lowest BCUT2D eigenvalue weighted by Gasteiger charge is -2.28. The molecule has 1 fully saturated rings. The number of ether oxygens (including phenoxy) is 1. The number of hydrogen-bond donors (Lipinski definition) is 3. The number of aryl methyl sites for hydroxylation is 1. The van der Waals surface area contributed by atoms with E-state index in [2.05, 4.69) is 15.5 Å². The molecular weight excluding hydrogens is 523 g/mol. The molecule has 1 unspecified atom stereocenters. The van der Waals surface area contributed by atoms with Gasteiger partial charge in [-0.3, -0.25) is 9.59 Å². The van der Waals surface area contributed by atoms with Crippen LogP contribution in [0.1, 0.15) is 21.5 Å². The van der Waals surface area contributed by atoms with Crippen LogP contribution in [0.15, 0.2) is 36.4 Å². The van der Waals surface area contributed by atoms with Crippen LogP contribution in [-0.4, -0.2) is 55.8 Å². The number of amides is 2. The van der Waals surface area contributed by atoms with Crippen LogP contribution in [0, 0.1) is 21.8 Å².